The SMILES string of the molecule is Cc1ccc2c(c1)C1(c3ccccc3Oc3ccccc31)c1cc(C)ccc1N2c1ccccc1. The highest BCUT2D eigenvalue weighted by Crippen LogP contribution is 2.62. The van der Waals surface area contributed by atoms with E-state index in [0.29, 0.717) is 0 Å². The molecule has 0 atom stereocenters. The first kappa shape index (κ1) is 20.1. The molecule has 0 aromatic heterocycles. The van der Waals surface area contributed by atoms with Gasteiger partial charge in [0.15, 0.2) is 0 Å². The van der Waals surface area contributed by atoms with Gasteiger partial charge in [-0.05, 0) is 61.4 Å². The molecule has 0 unspecified atom stereocenters. The molecule has 7 rings (SSSR count). The summed E-state index contributed by atoms with van der Waals surface area (Å²) in [6, 6.07) is 41.5. The van der Waals surface area contributed by atoms with Crippen molar-refractivity contribution in [2.24, 2.45) is 0 Å². The molecule has 0 amide bonds. The Morgan fingerprint density at radius 2 is 1.00 bits per heavy atom. The summed E-state index contributed by atoms with van der Waals surface area (Å²) in [5, 5.41) is 0. The highest BCUT2D eigenvalue weighted by atomic mass is 16.5. The largest absolute Gasteiger partial charge is 0.457 e. The maximum absolute atomic E-state index is 6.49. The Morgan fingerprint density at radius 3 is 1.54 bits per heavy atom. The fraction of sp³-hybridized carbons (Fsp3) is 0.0909. The average molecular weight is 452 g/mol. The maximum atomic E-state index is 6.49. The van der Waals surface area contributed by atoms with Crippen LogP contribution in [0.5, 0.6) is 11.5 Å². The summed E-state index contributed by atoms with van der Waals surface area (Å²) in [6.45, 7) is 4.37. The Bertz CT molecular complexity index is 1500. The topological polar surface area (TPSA) is 12.5 Å². The Labute approximate surface area is 206 Å². The van der Waals surface area contributed by atoms with Crippen molar-refractivity contribution in [3.8, 4) is 11.5 Å². The summed E-state index contributed by atoms with van der Waals surface area (Å²) in [5.74, 6) is 1.83. The van der Waals surface area contributed by atoms with Crippen molar-refractivity contribution < 1.29 is 4.74 Å². The van der Waals surface area contributed by atoms with Gasteiger partial charge in [0.2, 0.25) is 0 Å². The zero-order valence-electron chi connectivity index (χ0n) is 19.8. The van der Waals surface area contributed by atoms with Crippen molar-refractivity contribution >= 4 is 17.1 Å². The van der Waals surface area contributed by atoms with Crippen molar-refractivity contribution in [2.45, 2.75) is 19.3 Å². The lowest BCUT2D eigenvalue weighted by molar-refractivity contribution is 0.434. The standard InChI is InChI=1S/C33H25NO/c1-22-16-18-29-27(20-22)33(25-12-6-8-14-31(25)35-32-15-9-7-13-26(32)33)28-21-23(2)17-19-30(28)34(29)24-10-4-3-5-11-24/h3-21H,1-2H3. The average Bonchev–Trinajstić information content (AvgIpc) is 2.89. The molecule has 35 heavy (non-hydrogen) atoms. The van der Waals surface area contributed by atoms with Gasteiger partial charge in [-0.1, -0.05) is 90.0 Å². The molecule has 2 aliphatic rings. The predicted octanol–water partition coefficient (Wildman–Crippen LogP) is 8.58. The summed E-state index contributed by atoms with van der Waals surface area (Å²) in [7, 11) is 0. The van der Waals surface area contributed by atoms with E-state index in [1.165, 1.54) is 44.8 Å². The number of hydrogen-bond donors (Lipinski definition) is 0. The van der Waals surface area contributed by atoms with E-state index in [4.69, 9.17) is 4.74 Å². The van der Waals surface area contributed by atoms with Gasteiger partial charge in [0.25, 0.3) is 0 Å². The lowest BCUT2D eigenvalue weighted by atomic mass is 9.61. The smallest absolute Gasteiger partial charge is 0.132 e. The first-order valence-electron chi connectivity index (χ1n) is 12.1. The quantitative estimate of drug-likeness (QED) is 0.248. The van der Waals surface area contributed by atoms with Crippen LogP contribution in [0.1, 0.15) is 33.4 Å². The second-order valence-corrected chi connectivity index (χ2v) is 9.56. The summed E-state index contributed by atoms with van der Waals surface area (Å²) in [4.78, 5) is 2.41. The molecule has 5 aromatic carbocycles. The van der Waals surface area contributed by atoms with Gasteiger partial charge in [0.05, 0.1) is 16.8 Å². The molecule has 2 nitrogen and oxygen atoms in total. The molecule has 0 N–H and O–H groups in total. The summed E-state index contributed by atoms with van der Waals surface area (Å²) in [6.07, 6.45) is 0. The first-order chi connectivity index (χ1) is 17.2. The van der Waals surface area contributed by atoms with E-state index in [9.17, 15) is 0 Å². The normalized spacial score (nSPS) is 14.4. The van der Waals surface area contributed by atoms with Gasteiger partial charge in [-0.25, -0.2) is 0 Å². The molecule has 0 saturated heterocycles. The summed E-state index contributed by atoms with van der Waals surface area (Å²) in [5.41, 5.74) is 10.5. The summed E-state index contributed by atoms with van der Waals surface area (Å²) >= 11 is 0. The molecule has 2 heteroatoms. The van der Waals surface area contributed by atoms with Crippen LogP contribution in [0.25, 0.3) is 0 Å². The Hall–Kier alpha value is -4.30. The number of para-hydroxylation sites is 3. The minimum atomic E-state index is -0.487. The van der Waals surface area contributed by atoms with Gasteiger partial charge >= 0.3 is 0 Å². The van der Waals surface area contributed by atoms with Crippen LogP contribution in [0.15, 0.2) is 115 Å². The zero-order valence-corrected chi connectivity index (χ0v) is 19.8. The minimum absolute atomic E-state index is 0.487. The van der Waals surface area contributed by atoms with Gasteiger partial charge in [0.1, 0.15) is 11.5 Å². The van der Waals surface area contributed by atoms with Gasteiger partial charge in [-0.3, -0.25) is 0 Å². The maximum Gasteiger partial charge on any atom is 0.132 e. The van der Waals surface area contributed by atoms with Crippen molar-refractivity contribution in [1.82, 2.24) is 0 Å². The fourth-order valence-electron chi connectivity index (χ4n) is 6.00. The van der Waals surface area contributed by atoms with E-state index in [2.05, 4.69) is 134 Å². The van der Waals surface area contributed by atoms with Crippen LogP contribution in [0.3, 0.4) is 0 Å². The predicted molar refractivity (Wildman–Crippen MR) is 143 cm³/mol. The number of fused-ring (bicyclic) bond motifs is 8. The number of aryl methyl sites for hydroxylation is 2. The van der Waals surface area contributed by atoms with E-state index < -0.39 is 5.41 Å². The molecule has 0 fully saturated rings. The molecule has 1 spiro atoms. The van der Waals surface area contributed by atoms with E-state index in [1.807, 2.05) is 0 Å². The molecule has 0 bridgehead atoms. The molecule has 2 heterocycles. The van der Waals surface area contributed by atoms with Crippen LogP contribution in [0.2, 0.25) is 0 Å². The van der Waals surface area contributed by atoms with Crippen molar-refractivity contribution in [3.05, 3.63) is 149 Å². The lowest BCUT2D eigenvalue weighted by Gasteiger charge is -2.48. The van der Waals surface area contributed by atoms with Gasteiger partial charge in [-0.2, -0.15) is 0 Å². The van der Waals surface area contributed by atoms with E-state index in [-0.39, 0.29) is 0 Å². The molecule has 0 saturated carbocycles. The zero-order chi connectivity index (χ0) is 23.6. The number of ether oxygens (including phenoxy) is 1. The molecule has 5 aromatic rings. The summed E-state index contributed by atoms with van der Waals surface area (Å²) < 4.78 is 6.49. The second-order valence-electron chi connectivity index (χ2n) is 9.56. The van der Waals surface area contributed by atoms with E-state index in [1.54, 1.807) is 0 Å². The Balaban J connectivity index is 1.70. The molecule has 2 aliphatic heterocycles. The van der Waals surface area contributed by atoms with Crippen LogP contribution in [0, 0.1) is 13.8 Å². The number of nitrogens with zero attached hydrogens (tertiary/aromatic N) is 1. The second kappa shape index (κ2) is 7.35. The third-order valence-corrected chi connectivity index (χ3v) is 7.41. The van der Waals surface area contributed by atoms with Crippen LogP contribution in [-0.2, 0) is 5.41 Å². The monoisotopic (exact) mass is 451 g/mol. The van der Waals surface area contributed by atoms with Crippen LogP contribution in [0.4, 0.5) is 17.1 Å². The highest BCUT2D eigenvalue weighted by molar-refractivity contribution is 5.91. The van der Waals surface area contributed by atoms with Crippen LogP contribution >= 0.6 is 0 Å². The molecular formula is C33H25NO. The lowest BCUT2D eigenvalue weighted by Crippen LogP contribution is -2.39. The van der Waals surface area contributed by atoms with Gasteiger partial charge < -0.3 is 9.64 Å². The number of benzene rings is 5. The van der Waals surface area contributed by atoms with Crippen molar-refractivity contribution in [3.63, 3.8) is 0 Å². The van der Waals surface area contributed by atoms with Crippen LogP contribution < -0.4 is 9.64 Å². The third-order valence-electron chi connectivity index (χ3n) is 7.41. The fourth-order valence-corrected chi connectivity index (χ4v) is 6.00. The number of hydrogen-bond acceptors (Lipinski definition) is 2. The molecule has 0 radical (unpaired) electrons. The molecule has 0 aliphatic carbocycles. The number of rotatable bonds is 1. The Kier molecular flexibility index (Phi) is 4.22. The first-order valence-corrected chi connectivity index (χ1v) is 12.1. The highest BCUT2D eigenvalue weighted by Gasteiger charge is 2.51. The third kappa shape index (κ3) is 2.71. The van der Waals surface area contributed by atoms with Crippen molar-refractivity contribution in [2.75, 3.05) is 4.90 Å². The van der Waals surface area contributed by atoms with Crippen LogP contribution in [-0.4, -0.2) is 0 Å². The molecule has 168 valence electrons. The van der Waals surface area contributed by atoms with Gasteiger partial charge in [0, 0.05) is 16.8 Å². The minimum Gasteiger partial charge on any atom is -0.457 e. The van der Waals surface area contributed by atoms with Gasteiger partial charge in [-0.15, -0.1) is 0 Å². The molecular weight excluding hydrogens is 426 g/mol. The van der Waals surface area contributed by atoms with E-state index >= 15 is 0 Å². The van der Waals surface area contributed by atoms with E-state index in [0.717, 1.165) is 17.2 Å². The Morgan fingerprint density at radius 1 is 0.514 bits per heavy atom. The van der Waals surface area contributed by atoms with Crippen molar-refractivity contribution in [1.29, 1.82) is 0 Å². The number of anilines is 3.